The van der Waals surface area contributed by atoms with Gasteiger partial charge in [-0.2, -0.15) is 0 Å². The quantitative estimate of drug-likeness (QED) is 0.743. The Morgan fingerprint density at radius 3 is 2.29 bits per heavy atom. The zero-order valence-electron chi connectivity index (χ0n) is 16.1. The number of amides is 2. The fourth-order valence-corrected chi connectivity index (χ4v) is 3.07. The van der Waals surface area contributed by atoms with Crippen molar-refractivity contribution < 1.29 is 18.7 Å². The zero-order chi connectivity index (χ0) is 19.8. The monoisotopic (exact) mass is 387 g/mol. The van der Waals surface area contributed by atoms with E-state index in [9.17, 15) is 9.18 Å². The van der Waals surface area contributed by atoms with E-state index in [1.165, 1.54) is 12.1 Å². The number of urea groups is 1. The van der Waals surface area contributed by atoms with E-state index < -0.39 is 0 Å². The maximum Gasteiger partial charge on any atom is 0.317 e. The molecule has 0 aliphatic carbocycles. The molecule has 2 amide bonds. The van der Waals surface area contributed by atoms with Gasteiger partial charge in [-0.15, -0.1) is 0 Å². The summed E-state index contributed by atoms with van der Waals surface area (Å²) < 4.78 is 23.7. The molecule has 1 heterocycles. The average Bonchev–Trinajstić information content (AvgIpc) is 2.73. The highest BCUT2D eigenvalue weighted by atomic mass is 19.1. The minimum atomic E-state index is -0.221. The molecule has 0 aromatic heterocycles. The van der Waals surface area contributed by atoms with Crippen molar-refractivity contribution in [3.05, 3.63) is 59.9 Å². The maximum absolute atomic E-state index is 13.0. The smallest absolute Gasteiger partial charge is 0.317 e. The summed E-state index contributed by atoms with van der Waals surface area (Å²) in [5.74, 6) is 1.30. The van der Waals surface area contributed by atoms with Gasteiger partial charge in [-0.1, -0.05) is 12.1 Å². The molecule has 2 aromatic carbocycles. The van der Waals surface area contributed by atoms with Gasteiger partial charge in [-0.25, -0.2) is 9.18 Å². The molecule has 28 heavy (non-hydrogen) atoms. The summed E-state index contributed by atoms with van der Waals surface area (Å²) >= 11 is 0. The first-order valence-electron chi connectivity index (χ1n) is 9.40. The van der Waals surface area contributed by atoms with Gasteiger partial charge in [0.1, 0.15) is 23.9 Å². The van der Waals surface area contributed by atoms with Crippen LogP contribution in [0.2, 0.25) is 0 Å². The molecule has 0 saturated carbocycles. The topological polar surface area (TPSA) is 54.0 Å². The number of nitrogens with one attached hydrogen (secondary N) is 1. The third-order valence-corrected chi connectivity index (χ3v) is 4.69. The van der Waals surface area contributed by atoms with Crippen molar-refractivity contribution in [3.8, 4) is 11.5 Å². The molecule has 1 N–H and O–H groups in total. The molecule has 2 aromatic rings. The maximum atomic E-state index is 13.0. The zero-order valence-corrected chi connectivity index (χ0v) is 16.1. The Morgan fingerprint density at radius 2 is 1.64 bits per heavy atom. The first-order valence-corrected chi connectivity index (χ1v) is 9.40. The minimum absolute atomic E-state index is 0.0697. The SMILES string of the molecule is COc1ccc(OCCNC(=O)N2CCN(Cc3ccc(F)cc3)CC2)cc1. The lowest BCUT2D eigenvalue weighted by molar-refractivity contribution is 0.134. The molecule has 0 atom stereocenters. The Kier molecular flexibility index (Phi) is 7.08. The number of benzene rings is 2. The summed E-state index contributed by atoms with van der Waals surface area (Å²) in [7, 11) is 1.62. The first-order chi connectivity index (χ1) is 13.6. The second kappa shape index (κ2) is 9.94. The van der Waals surface area contributed by atoms with Gasteiger partial charge in [0.2, 0.25) is 0 Å². The molecular formula is C21H26FN3O3. The predicted octanol–water partition coefficient (Wildman–Crippen LogP) is 2.74. The number of hydrogen-bond donors (Lipinski definition) is 1. The molecule has 7 heteroatoms. The van der Waals surface area contributed by atoms with Gasteiger partial charge in [0.05, 0.1) is 13.7 Å². The van der Waals surface area contributed by atoms with E-state index in [1.807, 2.05) is 29.2 Å². The lowest BCUT2D eigenvalue weighted by Gasteiger charge is -2.34. The van der Waals surface area contributed by atoms with Crippen molar-refractivity contribution in [2.24, 2.45) is 0 Å². The molecule has 1 fully saturated rings. The van der Waals surface area contributed by atoms with E-state index in [2.05, 4.69) is 10.2 Å². The molecule has 6 nitrogen and oxygen atoms in total. The number of nitrogens with zero attached hydrogens (tertiary/aromatic N) is 2. The van der Waals surface area contributed by atoms with E-state index in [1.54, 1.807) is 19.2 Å². The van der Waals surface area contributed by atoms with E-state index in [0.29, 0.717) is 26.2 Å². The Morgan fingerprint density at radius 1 is 1.00 bits per heavy atom. The summed E-state index contributed by atoms with van der Waals surface area (Å²) in [6.45, 7) is 4.56. The van der Waals surface area contributed by atoms with Gasteiger partial charge in [0.25, 0.3) is 0 Å². The minimum Gasteiger partial charge on any atom is -0.497 e. The standard InChI is InChI=1S/C21H26FN3O3/c1-27-19-6-8-20(9-7-19)28-15-10-23-21(26)25-13-11-24(12-14-25)16-17-2-4-18(22)5-3-17/h2-9H,10-16H2,1H3,(H,23,26). The van der Waals surface area contributed by atoms with Crippen LogP contribution >= 0.6 is 0 Å². The Bertz CT molecular complexity index is 744. The van der Waals surface area contributed by atoms with Crippen LogP contribution in [0.5, 0.6) is 11.5 Å². The third-order valence-electron chi connectivity index (χ3n) is 4.69. The first kappa shape index (κ1) is 19.9. The van der Waals surface area contributed by atoms with Crippen LogP contribution < -0.4 is 14.8 Å². The second-order valence-electron chi connectivity index (χ2n) is 6.65. The van der Waals surface area contributed by atoms with Crippen molar-refractivity contribution in [1.82, 2.24) is 15.1 Å². The highest BCUT2D eigenvalue weighted by Crippen LogP contribution is 2.16. The molecule has 1 aliphatic heterocycles. The van der Waals surface area contributed by atoms with Gasteiger partial charge in [-0.05, 0) is 42.0 Å². The summed E-state index contributed by atoms with van der Waals surface area (Å²) in [4.78, 5) is 16.4. The molecule has 1 saturated heterocycles. The predicted molar refractivity (Wildman–Crippen MR) is 105 cm³/mol. The largest absolute Gasteiger partial charge is 0.497 e. The average molecular weight is 387 g/mol. The van der Waals surface area contributed by atoms with Crippen LogP contribution in [0, 0.1) is 5.82 Å². The Hall–Kier alpha value is -2.80. The number of halogens is 1. The molecule has 3 rings (SSSR count). The summed E-state index contributed by atoms with van der Waals surface area (Å²) in [6.07, 6.45) is 0. The normalized spacial score (nSPS) is 14.6. The van der Waals surface area contributed by atoms with Crippen LogP contribution in [0.25, 0.3) is 0 Å². The number of rotatable bonds is 7. The van der Waals surface area contributed by atoms with Gasteiger partial charge < -0.3 is 19.7 Å². The number of ether oxygens (including phenoxy) is 2. The fraction of sp³-hybridized carbons (Fsp3) is 0.381. The lowest BCUT2D eigenvalue weighted by atomic mass is 10.2. The fourth-order valence-electron chi connectivity index (χ4n) is 3.07. The van der Waals surface area contributed by atoms with Gasteiger partial charge in [0, 0.05) is 32.7 Å². The highest BCUT2D eigenvalue weighted by molar-refractivity contribution is 5.74. The van der Waals surface area contributed by atoms with Crippen LogP contribution in [0.4, 0.5) is 9.18 Å². The van der Waals surface area contributed by atoms with Crippen molar-refractivity contribution in [2.75, 3.05) is 46.4 Å². The van der Waals surface area contributed by atoms with Gasteiger partial charge >= 0.3 is 6.03 Å². The molecule has 0 spiro atoms. The number of piperazine rings is 1. The van der Waals surface area contributed by atoms with Crippen LogP contribution in [0.1, 0.15) is 5.56 Å². The lowest BCUT2D eigenvalue weighted by Crippen LogP contribution is -2.51. The molecular weight excluding hydrogens is 361 g/mol. The van der Waals surface area contributed by atoms with Crippen LogP contribution in [0.3, 0.4) is 0 Å². The second-order valence-corrected chi connectivity index (χ2v) is 6.65. The summed E-state index contributed by atoms with van der Waals surface area (Å²) in [5.41, 5.74) is 1.08. The third kappa shape index (κ3) is 5.85. The Labute approximate surface area is 164 Å². The molecule has 0 unspecified atom stereocenters. The van der Waals surface area contributed by atoms with Gasteiger partial charge in [-0.3, -0.25) is 4.90 Å². The van der Waals surface area contributed by atoms with E-state index in [-0.39, 0.29) is 11.8 Å². The highest BCUT2D eigenvalue weighted by Gasteiger charge is 2.20. The van der Waals surface area contributed by atoms with E-state index in [4.69, 9.17) is 9.47 Å². The number of carbonyl (C=O) groups excluding carboxylic acids is 1. The summed E-state index contributed by atoms with van der Waals surface area (Å²) in [6, 6.07) is 13.8. The van der Waals surface area contributed by atoms with Crippen molar-refractivity contribution in [2.45, 2.75) is 6.54 Å². The molecule has 0 bridgehead atoms. The van der Waals surface area contributed by atoms with Crippen molar-refractivity contribution >= 4 is 6.03 Å². The number of hydrogen-bond acceptors (Lipinski definition) is 4. The van der Waals surface area contributed by atoms with E-state index >= 15 is 0 Å². The molecule has 150 valence electrons. The summed E-state index contributed by atoms with van der Waals surface area (Å²) in [5, 5.41) is 2.89. The van der Waals surface area contributed by atoms with Crippen LogP contribution in [0.15, 0.2) is 48.5 Å². The van der Waals surface area contributed by atoms with E-state index in [0.717, 1.165) is 36.7 Å². The molecule has 0 radical (unpaired) electrons. The molecule has 1 aliphatic rings. The number of carbonyl (C=O) groups is 1. The van der Waals surface area contributed by atoms with Crippen LogP contribution in [-0.2, 0) is 6.54 Å². The Balaban J connectivity index is 1.32. The van der Waals surface area contributed by atoms with Gasteiger partial charge in [0.15, 0.2) is 0 Å². The van der Waals surface area contributed by atoms with Crippen LogP contribution in [-0.4, -0.2) is 62.3 Å². The number of methoxy groups -OCH3 is 1. The van der Waals surface area contributed by atoms with Crippen molar-refractivity contribution in [3.63, 3.8) is 0 Å². The van der Waals surface area contributed by atoms with Crippen molar-refractivity contribution in [1.29, 1.82) is 0 Å².